The van der Waals surface area contributed by atoms with E-state index in [2.05, 4.69) is 6.92 Å². The van der Waals surface area contributed by atoms with Crippen LogP contribution < -0.4 is 10.6 Å². The van der Waals surface area contributed by atoms with Gasteiger partial charge < -0.3 is 4.89 Å². The Kier molecular flexibility index (Phi) is 2.65. The second kappa shape index (κ2) is 4.08. The van der Waals surface area contributed by atoms with Crippen molar-refractivity contribution < 1.29 is 9.46 Å². The van der Waals surface area contributed by atoms with Crippen molar-refractivity contribution in [2.24, 2.45) is 0 Å². The number of benzene rings is 2. The molecule has 0 bridgehead atoms. The first-order valence-corrected chi connectivity index (χ1v) is 7.84. The van der Waals surface area contributed by atoms with Crippen LogP contribution in [0.5, 0.6) is 0 Å². The van der Waals surface area contributed by atoms with E-state index in [-0.39, 0.29) is 5.92 Å². The van der Waals surface area contributed by atoms with Gasteiger partial charge in [0.05, 0.1) is 0 Å². The Morgan fingerprint density at radius 2 is 1.44 bits per heavy atom. The maximum absolute atomic E-state index is 12.7. The molecule has 1 aliphatic heterocycles. The molecule has 2 nitrogen and oxygen atoms in total. The molecule has 0 unspecified atom stereocenters. The minimum atomic E-state index is -3.42. The minimum Gasteiger partial charge on any atom is -0.338 e. The lowest BCUT2D eigenvalue weighted by molar-refractivity contribution is 0.498. The smallest absolute Gasteiger partial charge is 0.259 e. The van der Waals surface area contributed by atoms with E-state index in [1.165, 1.54) is 0 Å². The number of hydrogen-bond acceptors (Lipinski definition) is 1. The maximum Gasteiger partial charge on any atom is 0.259 e. The minimum absolute atomic E-state index is 0.228. The molecule has 1 N–H and O–H groups in total. The predicted molar refractivity (Wildman–Crippen MR) is 74.1 cm³/mol. The van der Waals surface area contributed by atoms with Crippen molar-refractivity contribution in [1.82, 2.24) is 0 Å². The lowest BCUT2D eigenvalue weighted by atomic mass is 9.88. The SMILES string of the molecule is CCC1c2ccccc2P(=O)(O)c2ccccc21. The summed E-state index contributed by atoms with van der Waals surface area (Å²) in [6.45, 7) is 2.12. The Balaban J connectivity index is 2.36. The molecule has 0 aromatic heterocycles. The van der Waals surface area contributed by atoms with E-state index in [0.29, 0.717) is 10.6 Å². The second-order valence-electron chi connectivity index (χ2n) is 4.65. The first kappa shape index (κ1) is 11.7. The summed E-state index contributed by atoms with van der Waals surface area (Å²) >= 11 is 0. The van der Waals surface area contributed by atoms with Gasteiger partial charge >= 0.3 is 0 Å². The van der Waals surface area contributed by atoms with E-state index < -0.39 is 7.37 Å². The average Bonchev–Trinajstić information content (AvgIpc) is 2.40. The van der Waals surface area contributed by atoms with Gasteiger partial charge in [-0.25, -0.2) is 0 Å². The summed E-state index contributed by atoms with van der Waals surface area (Å²) < 4.78 is 12.7. The van der Waals surface area contributed by atoms with Crippen LogP contribution in [0.25, 0.3) is 0 Å². The highest BCUT2D eigenvalue weighted by Crippen LogP contribution is 2.48. The molecule has 0 saturated carbocycles. The van der Waals surface area contributed by atoms with Gasteiger partial charge in [0.25, 0.3) is 7.37 Å². The molecule has 0 spiro atoms. The maximum atomic E-state index is 12.7. The molecule has 2 aromatic carbocycles. The third-order valence-corrected chi connectivity index (χ3v) is 5.81. The molecule has 2 aromatic rings. The zero-order chi connectivity index (χ0) is 12.8. The summed E-state index contributed by atoms with van der Waals surface area (Å²) in [5.74, 6) is 0.228. The summed E-state index contributed by atoms with van der Waals surface area (Å²) in [5, 5.41) is 1.21. The highest BCUT2D eigenvalue weighted by molar-refractivity contribution is 7.73. The molecule has 3 rings (SSSR count). The first-order valence-electron chi connectivity index (χ1n) is 6.18. The topological polar surface area (TPSA) is 37.3 Å². The molecule has 0 atom stereocenters. The summed E-state index contributed by atoms with van der Waals surface area (Å²) in [4.78, 5) is 10.4. The van der Waals surface area contributed by atoms with E-state index in [9.17, 15) is 9.46 Å². The lowest BCUT2D eigenvalue weighted by Crippen LogP contribution is -2.30. The molecule has 92 valence electrons. The van der Waals surface area contributed by atoms with Gasteiger partial charge in [-0.05, 0) is 29.7 Å². The fourth-order valence-electron chi connectivity index (χ4n) is 2.85. The number of fused-ring (bicyclic) bond motifs is 2. The van der Waals surface area contributed by atoms with Gasteiger partial charge in [-0.1, -0.05) is 43.3 Å². The van der Waals surface area contributed by atoms with Gasteiger partial charge in [0.1, 0.15) is 0 Å². The standard InChI is InChI=1S/C15H15O2P/c1-2-11-12-7-3-5-9-14(12)18(16,17)15-10-6-4-8-13(11)15/h3-11H,2H2,1H3,(H,16,17). The van der Waals surface area contributed by atoms with E-state index in [4.69, 9.17) is 0 Å². The van der Waals surface area contributed by atoms with Crippen molar-refractivity contribution in [2.75, 3.05) is 0 Å². The van der Waals surface area contributed by atoms with Gasteiger partial charge in [-0.15, -0.1) is 0 Å². The van der Waals surface area contributed by atoms with Crippen LogP contribution >= 0.6 is 7.37 Å². The Morgan fingerprint density at radius 3 is 1.89 bits per heavy atom. The van der Waals surface area contributed by atoms with Crippen LogP contribution in [-0.2, 0) is 4.57 Å². The second-order valence-corrected chi connectivity index (χ2v) is 6.77. The molecule has 1 heterocycles. The van der Waals surface area contributed by atoms with Crippen molar-refractivity contribution in [3.8, 4) is 0 Å². The van der Waals surface area contributed by atoms with E-state index in [1.807, 2.05) is 36.4 Å². The van der Waals surface area contributed by atoms with Crippen LogP contribution in [0.15, 0.2) is 48.5 Å². The van der Waals surface area contributed by atoms with Gasteiger partial charge in [0.15, 0.2) is 0 Å². The van der Waals surface area contributed by atoms with Crippen molar-refractivity contribution >= 4 is 18.0 Å². The normalized spacial score (nSPS) is 25.3. The summed E-state index contributed by atoms with van der Waals surface area (Å²) in [6, 6.07) is 15.1. The van der Waals surface area contributed by atoms with Gasteiger partial charge in [-0.2, -0.15) is 0 Å². The summed E-state index contributed by atoms with van der Waals surface area (Å²) in [5.41, 5.74) is 2.01. The van der Waals surface area contributed by atoms with Crippen molar-refractivity contribution in [2.45, 2.75) is 19.3 Å². The van der Waals surface area contributed by atoms with Crippen molar-refractivity contribution in [3.05, 3.63) is 59.7 Å². The zero-order valence-electron chi connectivity index (χ0n) is 10.2. The predicted octanol–water partition coefficient (Wildman–Crippen LogP) is 2.76. The van der Waals surface area contributed by atoms with Crippen molar-refractivity contribution in [3.63, 3.8) is 0 Å². The quantitative estimate of drug-likeness (QED) is 0.799. The molecule has 3 heteroatoms. The first-order chi connectivity index (χ1) is 8.66. The van der Waals surface area contributed by atoms with Crippen LogP contribution in [0.2, 0.25) is 0 Å². The lowest BCUT2D eigenvalue weighted by Gasteiger charge is -2.30. The molecule has 0 radical (unpaired) electrons. The summed E-state index contributed by atoms with van der Waals surface area (Å²) in [7, 11) is -3.42. The van der Waals surface area contributed by atoms with Gasteiger partial charge in [-0.3, -0.25) is 4.57 Å². The molecule has 18 heavy (non-hydrogen) atoms. The molecule has 0 aliphatic carbocycles. The molecule has 0 saturated heterocycles. The third kappa shape index (κ3) is 1.50. The zero-order valence-corrected chi connectivity index (χ0v) is 11.1. The Morgan fingerprint density at radius 1 is 1.00 bits per heavy atom. The highest BCUT2D eigenvalue weighted by Gasteiger charge is 2.37. The van der Waals surface area contributed by atoms with Crippen LogP contribution in [-0.4, -0.2) is 4.89 Å². The number of hydrogen-bond donors (Lipinski definition) is 1. The van der Waals surface area contributed by atoms with Crippen LogP contribution in [0.3, 0.4) is 0 Å². The molecule has 1 aliphatic rings. The molecular formula is C15H15O2P. The number of rotatable bonds is 1. The van der Waals surface area contributed by atoms with Gasteiger partial charge in [0, 0.05) is 16.5 Å². The van der Waals surface area contributed by atoms with Crippen LogP contribution in [0.1, 0.15) is 30.4 Å². The fourth-order valence-corrected chi connectivity index (χ4v) is 4.85. The van der Waals surface area contributed by atoms with Crippen LogP contribution in [0.4, 0.5) is 0 Å². The van der Waals surface area contributed by atoms with Gasteiger partial charge in [0.2, 0.25) is 0 Å². The Hall–Kier alpha value is -1.37. The van der Waals surface area contributed by atoms with E-state index >= 15 is 0 Å². The monoisotopic (exact) mass is 258 g/mol. The molecular weight excluding hydrogens is 243 g/mol. The summed E-state index contributed by atoms with van der Waals surface area (Å²) in [6.07, 6.45) is 0.939. The third-order valence-electron chi connectivity index (χ3n) is 3.69. The average molecular weight is 258 g/mol. The Bertz CT molecular complexity index is 597. The molecule has 0 fully saturated rings. The fraction of sp³-hybridized carbons (Fsp3) is 0.200. The van der Waals surface area contributed by atoms with E-state index in [1.54, 1.807) is 12.1 Å². The van der Waals surface area contributed by atoms with Crippen molar-refractivity contribution in [1.29, 1.82) is 0 Å². The van der Waals surface area contributed by atoms with E-state index in [0.717, 1.165) is 17.5 Å². The Labute approximate surface area is 107 Å². The molecule has 0 amide bonds. The highest BCUT2D eigenvalue weighted by atomic mass is 31.2. The van der Waals surface area contributed by atoms with Crippen LogP contribution in [0, 0.1) is 0 Å². The largest absolute Gasteiger partial charge is 0.338 e.